The molecule has 1 rings (SSSR count). The fourth-order valence-electron chi connectivity index (χ4n) is 1.31. The van der Waals surface area contributed by atoms with E-state index in [1.807, 2.05) is 6.92 Å². The van der Waals surface area contributed by atoms with Gasteiger partial charge in [0.25, 0.3) is 0 Å². The topological polar surface area (TPSA) is 55.4 Å². The molecule has 0 saturated heterocycles. The molecule has 5 heteroatoms. The molecule has 1 aromatic carbocycles. The summed E-state index contributed by atoms with van der Waals surface area (Å²) in [5.41, 5.74) is 1.13. The zero-order valence-electron chi connectivity index (χ0n) is 10.4. The van der Waals surface area contributed by atoms with Crippen LogP contribution in [0.1, 0.15) is 30.6 Å². The van der Waals surface area contributed by atoms with Crippen LogP contribution in [-0.2, 0) is 9.53 Å². The lowest BCUT2D eigenvalue weighted by Crippen LogP contribution is -2.21. The summed E-state index contributed by atoms with van der Waals surface area (Å²) in [6.07, 6.45) is 0.715. The Morgan fingerprint density at radius 1 is 1.28 bits per heavy atom. The highest BCUT2D eigenvalue weighted by Gasteiger charge is 2.12. The maximum absolute atomic E-state index is 11.6. The van der Waals surface area contributed by atoms with Crippen molar-refractivity contribution in [2.24, 2.45) is 0 Å². The fraction of sp³-hybridized carbons (Fsp3) is 0.385. The molecule has 4 nitrogen and oxygen atoms in total. The normalized spacial score (nSPS) is 11.7. The Balaban J connectivity index is 2.66. The van der Waals surface area contributed by atoms with Gasteiger partial charge in [0.05, 0.1) is 17.0 Å². The van der Waals surface area contributed by atoms with Crippen LogP contribution in [0.5, 0.6) is 0 Å². The molecule has 1 N–H and O–H groups in total. The molecule has 0 bridgehead atoms. The first-order valence-electron chi connectivity index (χ1n) is 5.80. The standard InChI is InChI=1S/C13H16BrNO3/c1-3-11(14)12(16)15-10-7-5-9(6-8-10)13(17)18-4-2/h5-8,11H,3-4H2,1-2H3,(H,15,16). The van der Waals surface area contributed by atoms with Crippen LogP contribution in [0.15, 0.2) is 24.3 Å². The first-order valence-corrected chi connectivity index (χ1v) is 6.72. The van der Waals surface area contributed by atoms with Crippen LogP contribution in [0.4, 0.5) is 5.69 Å². The Hall–Kier alpha value is -1.36. The average Bonchev–Trinajstić information content (AvgIpc) is 2.38. The van der Waals surface area contributed by atoms with Crippen molar-refractivity contribution in [2.75, 3.05) is 11.9 Å². The summed E-state index contributed by atoms with van der Waals surface area (Å²) < 4.78 is 4.87. The molecule has 0 aromatic heterocycles. The number of esters is 1. The van der Waals surface area contributed by atoms with E-state index in [0.29, 0.717) is 24.3 Å². The van der Waals surface area contributed by atoms with Gasteiger partial charge < -0.3 is 10.1 Å². The summed E-state index contributed by atoms with van der Waals surface area (Å²) in [4.78, 5) is 22.8. The van der Waals surface area contributed by atoms with Gasteiger partial charge in [0.2, 0.25) is 5.91 Å². The van der Waals surface area contributed by atoms with E-state index in [9.17, 15) is 9.59 Å². The molecule has 0 fully saturated rings. The van der Waals surface area contributed by atoms with Crippen molar-refractivity contribution in [3.05, 3.63) is 29.8 Å². The van der Waals surface area contributed by atoms with Crippen molar-refractivity contribution < 1.29 is 14.3 Å². The monoisotopic (exact) mass is 313 g/mol. The lowest BCUT2D eigenvalue weighted by Gasteiger charge is -2.09. The number of hydrogen-bond donors (Lipinski definition) is 1. The minimum absolute atomic E-state index is 0.0959. The number of halogens is 1. The van der Waals surface area contributed by atoms with Crippen molar-refractivity contribution in [3.8, 4) is 0 Å². The molecule has 0 aliphatic heterocycles. The zero-order valence-corrected chi connectivity index (χ0v) is 12.0. The predicted molar refractivity (Wildman–Crippen MR) is 74.0 cm³/mol. The number of anilines is 1. The lowest BCUT2D eigenvalue weighted by molar-refractivity contribution is -0.115. The summed E-state index contributed by atoms with van der Waals surface area (Å²) in [5, 5.41) is 2.75. The molecule has 0 aliphatic rings. The van der Waals surface area contributed by atoms with Gasteiger partial charge in [-0.1, -0.05) is 22.9 Å². The van der Waals surface area contributed by atoms with Gasteiger partial charge in [-0.3, -0.25) is 4.79 Å². The Morgan fingerprint density at radius 2 is 1.89 bits per heavy atom. The van der Waals surface area contributed by atoms with E-state index in [-0.39, 0.29) is 16.7 Å². The average molecular weight is 314 g/mol. The molecule has 1 atom stereocenters. The quantitative estimate of drug-likeness (QED) is 0.671. The molecule has 98 valence electrons. The Bertz CT molecular complexity index is 417. The van der Waals surface area contributed by atoms with Crippen molar-refractivity contribution in [1.82, 2.24) is 0 Å². The molecule has 18 heavy (non-hydrogen) atoms. The van der Waals surface area contributed by atoms with Crippen molar-refractivity contribution in [3.63, 3.8) is 0 Å². The van der Waals surface area contributed by atoms with Gasteiger partial charge in [0.1, 0.15) is 0 Å². The first-order chi connectivity index (χ1) is 8.58. The van der Waals surface area contributed by atoms with E-state index >= 15 is 0 Å². The van der Waals surface area contributed by atoms with Crippen LogP contribution in [0.25, 0.3) is 0 Å². The maximum atomic E-state index is 11.6. The third-order valence-electron chi connectivity index (χ3n) is 2.31. The Kier molecular flexibility index (Phi) is 5.85. The minimum Gasteiger partial charge on any atom is -0.462 e. The second-order valence-electron chi connectivity index (χ2n) is 3.66. The molecule has 1 aromatic rings. The van der Waals surface area contributed by atoms with Crippen molar-refractivity contribution in [2.45, 2.75) is 25.1 Å². The second kappa shape index (κ2) is 7.16. The number of alkyl halides is 1. The zero-order chi connectivity index (χ0) is 13.5. The van der Waals surface area contributed by atoms with Gasteiger partial charge in [-0.2, -0.15) is 0 Å². The third-order valence-corrected chi connectivity index (χ3v) is 3.37. The first kappa shape index (κ1) is 14.7. The maximum Gasteiger partial charge on any atom is 0.338 e. The molecule has 1 amide bonds. The van der Waals surface area contributed by atoms with Crippen molar-refractivity contribution >= 4 is 33.5 Å². The number of benzene rings is 1. The lowest BCUT2D eigenvalue weighted by atomic mass is 10.2. The predicted octanol–water partition coefficient (Wildman–Crippen LogP) is 2.98. The highest BCUT2D eigenvalue weighted by atomic mass is 79.9. The summed E-state index contributed by atoms with van der Waals surface area (Å²) in [6.45, 7) is 4.02. The van der Waals surface area contributed by atoms with Gasteiger partial charge in [0.15, 0.2) is 0 Å². The summed E-state index contributed by atoms with van der Waals surface area (Å²) in [5.74, 6) is -0.455. The van der Waals surface area contributed by atoms with E-state index in [1.165, 1.54) is 0 Å². The van der Waals surface area contributed by atoms with Crippen molar-refractivity contribution in [1.29, 1.82) is 0 Å². The Morgan fingerprint density at radius 3 is 2.39 bits per heavy atom. The number of nitrogens with one attached hydrogen (secondary N) is 1. The van der Waals surface area contributed by atoms with Gasteiger partial charge in [0, 0.05) is 5.69 Å². The highest BCUT2D eigenvalue weighted by Crippen LogP contribution is 2.13. The fourth-order valence-corrected chi connectivity index (χ4v) is 1.42. The number of rotatable bonds is 5. The molecule has 1 unspecified atom stereocenters. The smallest absolute Gasteiger partial charge is 0.338 e. The van der Waals surface area contributed by atoms with E-state index in [1.54, 1.807) is 31.2 Å². The Labute approximate surface area is 115 Å². The highest BCUT2D eigenvalue weighted by molar-refractivity contribution is 9.10. The molecular weight excluding hydrogens is 298 g/mol. The number of carbonyl (C=O) groups is 2. The number of ether oxygens (including phenoxy) is 1. The number of hydrogen-bond acceptors (Lipinski definition) is 3. The van der Waals surface area contributed by atoms with Crippen LogP contribution in [-0.4, -0.2) is 23.3 Å². The van der Waals surface area contributed by atoms with Crippen LogP contribution < -0.4 is 5.32 Å². The number of carbonyl (C=O) groups excluding carboxylic acids is 2. The third kappa shape index (κ3) is 4.14. The van der Waals surface area contributed by atoms with Gasteiger partial charge in [-0.25, -0.2) is 4.79 Å². The second-order valence-corrected chi connectivity index (χ2v) is 4.77. The van der Waals surface area contributed by atoms with E-state index in [0.717, 1.165) is 0 Å². The number of amides is 1. The van der Waals surface area contributed by atoms with Crippen LogP contribution in [0.3, 0.4) is 0 Å². The summed E-state index contributed by atoms with van der Waals surface area (Å²) in [7, 11) is 0. The molecule has 0 saturated carbocycles. The molecule has 0 aliphatic carbocycles. The molecule has 0 radical (unpaired) electrons. The summed E-state index contributed by atoms with van der Waals surface area (Å²) >= 11 is 3.27. The van der Waals surface area contributed by atoms with Crippen LogP contribution >= 0.6 is 15.9 Å². The molecule has 0 spiro atoms. The summed E-state index contributed by atoms with van der Waals surface area (Å²) in [6, 6.07) is 6.62. The van der Waals surface area contributed by atoms with Gasteiger partial charge in [-0.15, -0.1) is 0 Å². The minimum atomic E-state index is -0.359. The molecule has 0 heterocycles. The van der Waals surface area contributed by atoms with E-state index in [4.69, 9.17) is 4.74 Å². The SMILES string of the molecule is CCOC(=O)c1ccc(NC(=O)C(Br)CC)cc1. The largest absolute Gasteiger partial charge is 0.462 e. The molecular formula is C13H16BrNO3. The van der Waals surface area contributed by atoms with E-state index < -0.39 is 0 Å². The van der Waals surface area contributed by atoms with Crippen LogP contribution in [0.2, 0.25) is 0 Å². The van der Waals surface area contributed by atoms with Gasteiger partial charge >= 0.3 is 5.97 Å². The van der Waals surface area contributed by atoms with E-state index in [2.05, 4.69) is 21.2 Å². The van der Waals surface area contributed by atoms with Gasteiger partial charge in [-0.05, 0) is 37.6 Å². The van der Waals surface area contributed by atoms with Crippen LogP contribution in [0, 0.1) is 0 Å².